The van der Waals surface area contributed by atoms with E-state index in [1.807, 2.05) is 30.3 Å². The van der Waals surface area contributed by atoms with Crippen molar-refractivity contribution in [2.45, 2.75) is 12.5 Å². The third-order valence-corrected chi connectivity index (χ3v) is 2.05. The van der Waals surface area contributed by atoms with Gasteiger partial charge in [0.05, 0.1) is 0 Å². The minimum absolute atomic E-state index is 0.0446. The first kappa shape index (κ1) is 10.9. The van der Waals surface area contributed by atoms with Gasteiger partial charge >= 0.3 is 0 Å². The van der Waals surface area contributed by atoms with E-state index < -0.39 is 6.10 Å². The molecular weight excluding hydrogens is 180 g/mol. The average molecular weight is 194 g/mol. The minimum atomic E-state index is -0.539. The molecule has 0 spiro atoms. The molecule has 14 heavy (non-hydrogen) atoms. The first-order valence-corrected chi connectivity index (χ1v) is 4.45. The number of aliphatic hydroxyl groups is 1. The molecule has 0 aliphatic rings. The van der Waals surface area contributed by atoms with Crippen molar-refractivity contribution in [1.82, 2.24) is 0 Å². The molecule has 0 saturated carbocycles. The Labute approximate surface area is 83.2 Å². The quantitative estimate of drug-likeness (QED) is 0.556. The van der Waals surface area contributed by atoms with E-state index in [1.165, 1.54) is 0 Å². The second-order valence-corrected chi connectivity index (χ2v) is 3.00. The highest BCUT2D eigenvalue weighted by Gasteiger charge is 2.13. The van der Waals surface area contributed by atoms with Crippen LogP contribution < -0.4 is 0 Å². The summed E-state index contributed by atoms with van der Waals surface area (Å²) in [7, 11) is 0. The van der Waals surface area contributed by atoms with E-state index in [2.05, 4.69) is 11.5 Å². The van der Waals surface area contributed by atoms with Crippen LogP contribution in [0.3, 0.4) is 0 Å². The second-order valence-electron chi connectivity index (χ2n) is 3.00. The zero-order valence-corrected chi connectivity index (χ0v) is 7.89. The maximum absolute atomic E-state index is 8.73. The average Bonchev–Trinajstić information content (AvgIpc) is 2.26. The van der Waals surface area contributed by atoms with Crippen LogP contribution in [0.5, 0.6) is 0 Å². The fourth-order valence-electron chi connectivity index (χ4n) is 1.25. The summed E-state index contributed by atoms with van der Waals surface area (Å²) in [6, 6.07) is 9.43. The van der Waals surface area contributed by atoms with Gasteiger partial charge in [0.25, 0.3) is 0 Å². The van der Waals surface area contributed by atoms with Crippen LogP contribution in [0, 0.1) is 0 Å². The van der Waals surface area contributed by atoms with Gasteiger partial charge in [-0.15, -0.1) is 0 Å². The molecule has 0 fully saturated rings. The molecular formula is C11H14O3. The second kappa shape index (κ2) is 5.54. The molecule has 0 aliphatic heterocycles. The van der Waals surface area contributed by atoms with Crippen molar-refractivity contribution in [3.63, 3.8) is 0 Å². The van der Waals surface area contributed by atoms with Gasteiger partial charge < -0.3 is 5.11 Å². The Kier molecular flexibility index (Phi) is 4.32. The van der Waals surface area contributed by atoms with Crippen LogP contribution in [-0.2, 0) is 4.89 Å². The minimum Gasteiger partial charge on any atom is -0.396 e. The van der Waals surface area contributed by atoms with Crippen molar-refractivity contribution in [2.24, 2.45) is 0 Å². The number of hydrogen-bond acceptors (Lipinski definition) is 3. The fourth-order valence-corrected chi connectivity index (χ4v) is 1.25. The summed E-state index contributed by atoms with van der Waals surface area (Å²) in [5, 5.41) is 17.3. The van der Waals surface area contributed by atoms with Gasteiger partial charge in [-0.05, 0) is 11.1 Å². The summed E-state index contributed by atoms with van der Waals surface area (Å²) < 4.78 is 0. The molecule has 1 unspecified atom stereocenters. The predicted molar refractivity (Wildman–Crippen MR) is 54.7 cm³/mol. The summed E-state index contributed by atoms with van der Waals surface area (Å²) in [5.41, 5.74) is 1.57. The van der Waals surface area contributed by atoms with E-state index in [9.17, 15) is 0 Å². The monoisotopic (exact) mass is 194 g/mol. The molecule has 1 aromatic carbocycles. The molecule has 3 nitrogen and oxygen atoms in total. The Bertz CT molecular complexity index is 282. The zero-order chi connectivity index (χ0) is 10.4. The topological polar surface area (TPSA) is 49.7 Å². The van der Waals surface area contributed by atoms with E-state index in [0.29, 0.717) is 12.0 Å². The highest BCUT2D eigenvalue weighted by molar-refractivity contribution is 5.66. The van der Waals surface area contributed by atoms with Gasteiger partial charge in [-0.1, -0.05) is 36.9 Å². The van der Waals surface area contributed by atoms with Crippen molar-refractivity contribution in [1.29, 1.82) is 0 Å². The molecule has 0 heterocycles. The zero-order valence-electron chi connectivity index (χ0n) is 7.89. The van der Waals surface area contributed by atoms with Crippen molar-refractivity contribution in [3.05, 3.63) is 42.5 Å². The van der Waals surface area contributed by atoms with E-state index in [4.69, 9.17) is 10.4 Å². The van der Waals surface area contributed by atoms with Crippen LogP contribution in [-0.4, -0.2) is 23.1 Å². The lowest BCUT2D eigenvalue weighted by atomic mass is 10.0. The standard InChI is InChI=1S/C11H14O3/c1-9(11(14-13)7-8-12)10-5-3-2-4-6-10/h2-6,11-13H,1,7-8H2. The van der Waals surface area contributed by atoms with Crippen molar-refractivity contribution in [2.75, 3.05) is 6.61 Å². The van der Waals surface area contributed by atoms with Gasteiger partial charge in [0.2, 0.25) is 0 Å². The lowest BCUT2D eigenvalue weighted by Gasteiger charge is -2.14. The van der Waals surface area contributed by atoms with Crippen molar-refractivity contribution in [3.8, 4) is 0 Å². The van der Waals surface area contributed by atoms with Gasteiger partial charge in [0.1, 0.15) is 6.10 Å². The predicted octanol–water partition coefficient (Wildman–Crippen LogP) is 1.94. The molecule has 0 amide bonds. The molecule has 76 valence electrons. The number of aliphatic hydroxyl groups excluding tert-OH is 1. The lowest BCUT2D eigenvalue weighted by molar-refractivity contribution is -0.264. The first-order chi connectivity index (χ1) is 6.79. The van der Waals surface area contributed by atoms with Gasteiger partial charge in [0.15, 0.2) is 0 Å². The summed E-state index contributed by atoms with van der Waals surface area (Å²) in [6.45, 7) is 3.77. The molecule has 0 bridgehead atoms. The van der Waals surface area contributed by atoms with Crippen LogP contribution in [0.1, 0.15) is 12.0 Å². The van der Waals surface area contributed by atoms with Crippen LogP contribution in [0.4, 0.5) is 0 Å². The molecule has 0 radical (unpaired) electrons. The third kappa shape index (κ3) is 2.67. The third-order valence-electron chi connectivity index (χ3n) is 2.05. The molecule has 2 N–H and O–H groups in total. The Morgan fingerprint density at radius 2 is 2.00 bits per heavy atom. The molecule has 1 rings (SSSR count). The maximum atomic E-state index is 8.73. The summed E-state index contributed by atoms with van der Waals surface area (Å²) in [5.74, 6) is 0. The highest BCUT2D eigenvalue weighted by atomic mass is 17.1. The molecule has 3 heteroatoms. The molecule has 0 saturated heterocycles. The van der Waals surface area contributed by atoms with E-state index in [-0.39, 0.29) is 6.61 Å². The Morgan fingerprint density at radius 3 is 2.50 bits per heavy atom. The summed E-state index contributed by atoms with van der Waals surface area (Å²) in [4.78, 5) is 4.25. The van der Waals surface area contributed by atoms with Crippen molar-refractivity contribution < 1.29 is 15.3 Å². The highest BCUT2D eigenvalue weighted by Crippen LogP contribution is 2.19. The van der Waals surface area contributed by atoms with Crippen LogP contribution in [0.2, 0.25) is 0 Å². The van der Waals surface area contributed by atoms with Gasteiger partial charge in [-0.3, -0.25) is 5.26 Å². The van der Waals surface area contributed by atoms with Gasteiger partial charge in [0, 0.05) is 13.0 Å². The Morgan fingerprint density at radius 1 is 1.36 bits per heavy atom. The maximum Gasteiger partial charge on any atom is 0.120 e. The van der Waals surface area contributed by atoms with Crippen LogP contribution >= 0.6 is 0 Å². The van der Waals surface area contributed by atoms with Crippen LogP contribution in [0.25, 0.3) is 5.57 Å². The summed E-state index contributed by atoms with van der Waals surface area (Å²) >= 11 is 0. The fraction of sp³-hybridized carbons (Fsp3) is 0.273. The largest absolute Gasteiger partial charge is 0.396 e. The molecule has 0 aliphatic carbocycles. The number of rotatable bonds is 5. The normalized spacial score (nSPS) is 12.4. The number of hydrogen-bond donors (Lipinski definition) is 2. The molecule has 1 atom stereocenters. The molecule has 0 aromatic heterocycles. The van der Waals surface area contributed by atoms with Crippen molar-refractivity contribution >= 4 is 5.57 Å². The Hall–Kier alpha value is -1.16. The van der Waals surface area contributed by atoms with E-state index in [0.717, 1.165) is 5.56 Å². The van der Waals surface area contributed by atoms with E-state index >= 15 is 0 Å². The lowest BCUT2D eigenvalue weighted by Crippen LogP contribution is -2.14. The van der Waals surface area contributed by atoms with Crippen LogP contribution in [0.15, 0.2) is 36.9 Å². The first-order valence-electron chi connectivity index (χ1n) is 4.45. The van der Waals surface area contributed by atoms with E-state index in [1.54, 1.807) is 0 Å². The number of benzene rings is 1. The molecule has 1 aromatic rings. The summed E-state index contributed by atoms with van der Waals surface area (Å²) in [6.07, 6.45) is -0.202. The van der Waals surface area contributed by atoms with Gasteiger partial charge in [-0.25, -0.2) is 4.89 Å². The smallest absolute Gasteiger partial charge is 0.120 e. The SMILES string of the molecule is C=C(c1ccccc1)C(CCO)OO. The van der Waals surface area contributed by atoms with Gasteiger partial charge in [-0.2, -0.15) is 0 Å². The Balaban J connectivity index is 2.73.